The number of thiazole rings is 1. The first kappa shape index (κ1) is 18.0. The van der Waals surface area contributed by atoms with Gasteiger partial charge in [0.1, 0.15) is 5.01 Å². The number of methoxy groups -OCH3 is 1. The molecular formula is C15H28N2OS2. The van der Waals surface area contributed by atoms with E-state index in [1.54, 1.807) is 7.11 Å². The van der Waals surface area contributed by atoms with Crippen molar-refractivity contribution in [2.45, 2.75) is 70.7 Å². The SMILES string of the molecule is CCC(C)SCc1nc(COC)c(CNC(C)(C)C)s1. The fraction of sp³-hybridized carbons (Fsp3) is 0.800. The second-order valence-corrected chi connectivity index (χ2v) is 8.64. The standard InChI is InChI=1S/C15H28N2OS2/c1-7-11(2)19-10-14-17-12(9-18-6)13(20-14)8-16-15(3,4)5/h11,16H,7-10H2,1-6H3. The molecule has 0 saturated carbocycles. The largest absolute Gasteiger partial charge is 0.378 e. The first-order chi connectivity index (χ1) is 9.35. The van der Waals surface area contributed by atoms with Gasteiger partial charge in [-0.2, -0.15) is 11.8 Å². The Morgan fingerprint density at radius 2 is 2.10 bits per heavy atom. The van der Waals surface area contributed by atoms with Gasteiger partial charge in [-0.3, -0.25) is 0 Å². The molecule has 0 spiro atoms. The Kier molecular flexibility index (Phi) is 7.51. The van der Waals surface area contributed by atoms with Gasteiger partial charge in [-0.15, -0.1) is 11.3 Å². The van der Waals surface area contributed by atoms with Gasteiger partial charge in [0.15, 0.2) is 0 Å². The number of ether oxygens (including phenoxy) is 1. The van der Waals surface area contributed by atoms with E-state index in [0.29, 0.717) is 11.9 Å². The minimum absolute atomic E-state index is 0.125. The summed E-state index contributed by atoms with van der Waals surface area (Å²) in [6.07, 6.45) is 1.21. The van der Waals surface area contributed by atoms with Crippen LogP contribution in [0.2, 0.25) is 0 Å². The van der Waals surface area contributed by atoms with Crippen LogP contribution in [0.5, 0.6) is 0 Å². The second-order valence-electron chi connectivity index (χ2n) is 6.04. The average Bonchev–Trinajstić information content (AvgIpc) is 2.75. The van der Waals surface area contributed by atoms with Crippen LogP contribution in [0.3, 0.4) is 0 Å². The summed E-state index contributed by atoms with van der Waals surface area (Å²) in [5.74, 6) is 1.01. The molecule has 0 aliphatic heterocycles. The second kappa shape index (κ2) is 8.37. The Balaban J connectivity index is 2.68. The number of hydrogen-bond acceptors (Lipinski definition) is 5. The van der Waals surface area contributed by atoms with E-state index in [4.69, 9.17) is 9.72 Å². The summed E-state index contributed by atoms with van der Waals surface area (Å²) in [5, 5.41) is 5.45. The van der Waals surface area contributed by atoms with Gasteiger partial charge in [0, 0.05) is 35.1 Å². The third-order valence-corrected chi connectivity index (χ3v) is 5.57. The van der Waals surface area contributed by atoms with Crippen LogP contribution in [0.4, 0.5) is 0 Å². The lowest BCUT2D eigenvalue weighted by molar-refractivity contribution is 0.181. The van der Waals surface area contributed by atoms with Gasteiger partial charge in [0.05, 0.1) is 12.3 Å². The van der Waals surface area contributed by atoms with E-state index >= 15 is 0 Å². The summed E-state index contributed by atoms with van der Waals surface area (Å²) in [7, 11) is 1.73. The predicted octanol–water partition coefficient (Wildman–Crippen LogP) is 4.21. The number of hydrogen-bond donors (Lipinski definition) is 1. The first-order valence-corrected chi connectivity index (χ1v) is 9.05. The zero-order chi connectivity index (χ0) is 15.2. The molecule has 0 saturated heterocycles. The molecular weight excluding hydrogens is 288 g/mol. The number of rotatable bonds is 8. The van der Waals surface area contributed by atoms with Crippen molar-refractivity contribution in [2.75, 3.05) is 7.11 Å². The summed E-state index contributed by atoms with van der Waals surface area (Å²) >= 11 is 3.80. The van der Waals surface area contributed by atoms with Gasteiger partial charge in [-0.25, -0.2) is 4.98 Å². The Bertz CT molecular complexity index is 399. The molecule has 1 heterocycles. The molecule has 1 N–H and O–H groups in total. The number of aromatic nitrogens is 1. The predicted molar refractivity (Wildman–Crippen MR) is 90.5 cm³/mol. The lowest BCUT2D eigenvalue weighted by Gasteiger charge is -2.20. The monoisotopic (exact) mass is 316 g/mol. The highest BCUT2D eigenvalue weighted by Gasteiger charge is 2.15. The Hall–Kier alpha value is -0.100. The highest BCUT2D eigenvalue weighted by atomic mass is 32.2. The van der Waals surface area contributed by atoms with E-state index < -0.39 is 0 Å². The third-order valence-electron chi connectivity index (χ3n) is 2.95. The van der Waals surface area contributed by atoms with Crippen molar-refractivity contribution in [1.29, 1.82) is 0 Å². The van der Waals surface area contributed by atoms with E-state index in [-0.39, 0.29) is 5.54 Å². The van der Waals surface area contributed by atoms with Crippen molar-refractivity contribution in [2.24, 2.45) is 0 Å². The van der Waals surface area contributed by atoms with Crippen molar-refractivity contribution in [3.63, 3.8) is 0 Å². The van der Waals surface area contributed by atoms with Crippen molar-refractivity contribution >= 4 is 23.1 Å². The maximum atomic E-state index is 5.27. The quantitative estimate of drug-likeness (QED) is 0.779. The van der Waals surface area contributed by atoms with Gasteiger partial charge < -0.3 is 10.1 Å². The number of thioether (sulfide) groups is 1. The van der Waals surface area contributed by atoms with Gasteiger partial charge in [-0.05, 0) is 27.2 Å². The van der Waals surface area contributed by atoms with Crippen molar-refractivity contribution in [3.05, 3.63) is 15.6 Å². The molecule has 0 radical (unpaired) electrons. The first-order valence-electron chi connectivity index (χ1n) is 7.18. The Morgan fingerprint density at radius 1 is 1.40 bits per heavy atom. The maximum absolute atomic E-state index is 5.27. The third kappa shape index (κ3) is 6.57. The lowest BCUT2D eigenvalue weighted by atomic mass is 10.1. The molecule has 3 nitrogen and oxygen atoms in total. The van der Waals surface area contributed by atoms with E-state index in [0.717, 1.165) is 18.0 Å². The molecule has 1 atom stereocenters. The Labute approximate surface area is 131 Å². The topological polar surface area (TPSA) is 34.1 Å². The van der Waals surface area contributed by atoms with E-state index in [9.17, 15) is 0 Å². The number of nitrogens with zero attached hydrogens (tertiary/aromatic N) is 1. The zero-order valence-corrected chi connectivity index (χ0v) is 15.2. The number of nitrogens with one attached hydrogen (secondary N) is 1. The van der Waals surface area contributed by atoms with Gasteiger partial charge in [-0.1, -0.05) is 13.8 Å². The van der Waals surface area contributed by atoms with Crippen LogP contribution in [-0.2, 0) is 23.6 Å². The van der Waals surface area contributed by atoms with Crippen molar-refractivity contribution in [3.8, 4) is 0 Å². The molecule has 0 fully saturated rings. The lowest BCUT2D eigenvalue weighted by Crippen LogP contribution is -2.35. The smallest absolute Gasteiger partial charge is 0.103 e. The van der Waals surface area contributed by atoms with E-state index in [2.05, 4.69) is 39.9 Å². The molecule has 5 heteroatoms. The zero-order valence-electron chi connectivity index (χ0n) is 13.6. The van der Waals surface area contributed by atoms with Crippen molar-refractivity contribution < 1.29 is 4.74 Å². The molecule has 1 aromatic heterocycles. The summed E-state index contributed by atoms with van der Waals surface area (Å²) in [6, 6.07) is 0. The van der Waals surface area contributed by atoms with Gasteiger partial charge >= 0.3 is 0 Å². The van der Waals surface area contributed by atoms with Crippen LogP contribution in [0.25, 0.3) is 0 Å². The van der Waals surface area contributed by atoms with E-state index in [1.807, 2.05) is 23.1 Å². The van der Waals surface area contributed by atoms with Gasteiger partial charge in [0.25, 0.3) is 0 Å². The van der Waals surface area contributed by atoms with E-state index in [1.165, 1.54) is 16.3 Å². The molecule has 1 aromatic rings. The molecule has 0 aliphatic rings. The molecule has 0 bridgehead atoms. The van der Waals surface area contributed by atoms with Crippen LogP contribution >= 0.6 is 23.1 Å². The summed E-state index contributed by atoms with van der Waals surface area (Å²) in [4.78, 5) is 6.05. The summed E-state index contributed by atoms with van der Waals surface area (Å²) in [6.45, 7) is 12.5. The fourth-order valence-corrected chi connectivity index (χ4v) is 3.54. The minimum atomic E-state index is 0.125. The highest BCUT2D eigenvalue weighted by molar-refractivity contribution is 7.99. The van der Waals surface area contributed by atoms with Crippen LogP contribution < -0.4 is 5.32 Å². The fourth-order valence-electron chi connectivity index (χ4n) is 1.56. The summed E-state index contributed by atoms with van der Waals surface area (Å²) < 4.78 is 5.27. The molecule has 1 rings (SSSR count). The van der Waals surface area contributed by atoms with Crippen LogP contribution in [-0.4, -0.2) is 22.9 Å². The van der Waals surface area contributed by atoms with Crippen molar-refractivity contribution in [1.82, 2.24) is 10.3 Å². The normalized spacial score (nSPS) is 13.7. The molecule has 0 amide bonds. The van der Waals surface area contributed by atoms with Crippen LogP contribution in [0.15, 0.2) is 0 Å². The van der Waals surface area contributed by atoms with Gasteiger partial charge in [0.2, 0.25) is 0 Å². The molecule has 116 valence electrons. The molecule has 0 aromatic carbocycles. The molecule has 20 heavy (non-hydrogen) atoms. The minimum Gasteiger partial charge on any atom is -0.378 e. The molecule has 1 unspecified atom stereocenters. The van der Waals surface area contributed by atoms with Crippen LogP contribution in [0, 0.1) is 0 Å². The Morgan fingerprint density at radius 3 is 2.65 bits per heavy atom. The average molecular weight is 317 g/mol. The van der Waals surface area contributed by atoms with Crippen LogP contribution in [0.1, 0.15) is 56.6 Å². The highest BCUT2D eigenvalue weighted by Crippen LogP contribution is 2.26. The maximum Gasteiger partial charge on any atom is 0.103 e. The summed E-state index contributed by atoms with van der Waals surface area (Å²) in [5.41, 5.74) is 1.22. The molecule has 0 aliphatic carbocycles.